The van der Waals surface area contributed by atoms with Gasteiger partial charge in [-0.25, -0.2) is 5.48 Å². The molecule has 0 saturated carbocycles. The van der Waals surface area contributed by atoms with Crippen LogP contribution in [-0.2, 0) is 0 Å². The summed E-state index contributed by atoms with van der Waals surface area (Å²) >= 11 is 1.59. The summed E-state index contributed by atoms with van der Waals surface area (Å²) in [4.78, 5) is 23.9. The van der Waals surface area contributed by atoms with E-state index >= 15 is 0 Å². The molecule has 3 aromatic rings. The summed E-state index contributed by atoms with van der Waals surface area (Å²) in [5.41, 5.74) is 2.55. The smallest absolute Gasteiger partial charge is 0.287 e. The highest BCUT2D eigenvalue weighted by Gasteiger charge is 2.18. The maximum absolute atomic E-state index is 12.5. The van der Waals surface area contributed by atoms with E-state index in [1.807, 2.05) is 30.5 Å². The number of para-hydroxylation sites is 1. The Kier molecular flexibility index (Phi) is 6.57. The van der Waals surface area contributed by atoms with E-state index in [1.165, 1.54) is 12.1 Å². The lowest BCUT2D eigenvalue weighted by atomic mass is 10.2. The molecule has 0 bridgehead atoms. The van der Waals surface area contributed by atoms with E-state index in [-0.39, 0.29) is 24.3 Å². The molecule has 7 nitrogen and oxygen atoms in total. The third-order valence-corrected chi connectivity index (χ3v) is 4.76. The molecule has 0 saturated heterocycles. The second-order valence-electron chi connectivity index (χ2n) is 6.05. The SMILES string of the molecule is CSC[C@@H](COc1ccc(C(=O)NO)cc1)NC(=O)c1cc2ccccc2o1. The van der Waals surface area contributed by atoms with Crippen LogP contribution in [0.3, 0.4) is 0 Å². The van der Waals surface area contributed by atoms with Gasteiger partial charge >= 0.3 is 0 Å². The monoisotopic (exact) mass is 400 g/mol. The lowest BCUT2D eigenvalue weighted by Gasteiger charge is -2.18. The van der Waals surface area contributed by atoms with Gasteiger partial charge in [-0.3, -0.25) is 14.8 Å². The van der Waals surface area contributed by atoms with Crippen LogP contribution >= 0.6 is 11.8 Å². The van der Waals surface area contributed by atoms with Crippen molar-refractivity contribution in [1.82, 2.24) is 10.8 Å². The summed E-state index contributed by atoms with van der Waals surface area (Å²) in [7, 11) is 0. The largest absolute Gasteiger partial charge is 0.491 e. The molecule has 0 aliphatic heterocycles. The molecule has 2 aromatic carbocycles. The molecule has 1 heterocycles. The van der Waals surface area contributed by atoms with Crippen molar-refractivity contribution in [2.45, 2.75) is 6.04 Å². The number of benzene rings is 2. The molecule has 28 heavy (non-hydrogen) atoms. The molecule has 8 heteroatoms. The third-order valence-electron chi connectivity index (χ3n) is 4.02. The van der Waals surface area contributed by atoms with Crippen molar-refractivity contribution in [3.05, 3.63) is 65.9 Å². The van der Waals surface area contributed by atoms with E-state index in [9.17, 15) is 9.59 Å². The number of furan rings is 1. The van der Waals surface area contributed by atoms with Gasteiger partial charge in [0, 0.05) is 16.7 Å². The number of carbonyl (C=O) groups excluding carboxylic acids is 2. The van der Waals surface area contributed by atoms with Crippen LogP contribution < -0.4 is 15.5 Å². The summed E-state index contributed by atoms with van der Waals surface area (Å²) in [6.45, 7) is 0.262. The van der Waals surface area contributed by atoms with Gasteiger partial charge in [0.2, 0.25) is 0 Å². The molecule has 0 fully saturated rings. The molecule has 0 unspecified atom stereocenters. The number of ether oxygens (including phenoxy) is 1. The Labute approximate surface area is 166 Å². The first-order valence-corrected chi connectivity index (χ1v) is 9.95. The van der Waals surface area contributed by atoms with Gasteiger partial charge in [0.25, 0.3) is 11.8 Å². The van der Waals surface area contributed by atoms with Gasteiger partial charge in [0.05, 0.1) is 6.04 Å². The normalized spacial score (nSPS) is 11.8. The van der Waals surface area contributed by atoms with Crippen LogP contribution in [0.25, 0.3) is 11.0 Å². The Morgan fingerprint density at radius 3 is 2.57 bits per heavy atom. The lowest BCUT2D eigenvalue weighted by Crippen LogP contribution is -2.40. The molecule has 0 aliphatic rings. The Balaban J connectivity index is 1.61. The number of carbonyl (C=O) groups is 2. The van der Waals surface area contributed by atoms with Crippen LogP contribution in [0.15, 0.2) is 59.0 Å². The highest BCUT2D eigenvalue weighted by Crippen LogP contribution is 2.19. The summed E-state index contributed by atoms with van der Waals surface area (Å²) in [6.07, 6.45) is 1.95. The zero-order chi connectivity index (χ0) is 19.9. The number of thioether (sulfide) groups is 1. The average molecular weight is 400 g/mol. The average Bonchev–Trinajstić information content (AvgIpc) is 3.16. The van der Waals surface area contributed by atoms with Gasteiger partial charge in [-0.15, -0.1) is 0 Å². The molecular formula is C20H20N2O5S. The van der Waals surface area contributed by atoms with Crippen LogP contribution in [0.5, 0.6) is 5.75 Å². The van der Waals surface area contributed by atoms with Crippen LogP contribution in [0.4, 0.5) is 0 Å². The fourth-order valence-electron chi connectivity index (χ4n) is 2.65. The van der Waals surface area contributed by atoms with Crippen LogP contribution in [0.2, 0.25) is 0 Å². The number of nitrogens with one attached hydrogen (secondary N) is 2. The molecule has 0 aliphatic carbocycles. The lowest BCUT2D eigenvalue weighted by molar-refractivity contribution is 0.0706. The molecule has 3 N–H and O–H groups in total. The molecule has 146 valence electrons. The Bertz CT molecular complexity index is 922. The van der Waals surface area contributed by atoms with Crippen molar-refractivity contribution in [3.8, 4) is 5.75 Å². The summed E-state index contributed by atoms with van der Waals surface area (Å²) in [5.74, 6) is 0.584. The summed E-state index contributed by atoms with van der Waals surface area (Å²) in [5, 5.41) is 12.4. The molecule has 1 atom stereocenters. The number of hydrogen-bond acceptors (Lipinski definition) is 6. The van der Waals surface area contributed by atoms with E-state index in [2.05, 4.69) is 5.32 Å². The first kappa shape index (κ1) is 19.8. The Morgan fingerprint density at radius 1 is 1.14 bits per heavy atom. The molecule has 0 spiro atoms. The van der Waals surface area contributed by atoms with Crippen molar-refractivity contribution in [3.63, 3.8) is 0 Å². The zero-order valence-electron chi connectivity index (χ0n) is 15.2. The minimum Gasteiger partial charge on any atom is -0.491 e. The highest BCUT2D eigenvalue weighted by molar-refractivity contribution is 7.98. The van der Waals surface area contributed by atoms with Crippen molar-refractivity contribution < 1.29 is 24.0 Å². The van der Waals surface area contributed by atoms with Crippen molar-refractivity contribution in [2.24, 2.45) is 0 Å². The molecule has 3 rings (SSSR count). The van der Waals surface area contributed by atoms with Gasteiger partial charge < -0.3 is 14.5 Å². The predicted octanol–water partition coefficient (Wildman–Crippen LogP) is 3.09. The van der Waals surface area contributed by atoms with Crippen molar-refractivity contribution >= 4 is 34.5 Å². The fraction of sp³-hybridized carbons (Fsp3) is 0.200. The van der Waals surface area contributed by atoms with E-state index in [4.69, 9.17) is 14.4 Å². The second-order valence-corrected chi connectivity index (χ2v) is 6.96. The topological polar surface area (TPSA) is 101 Å². The molecule has 1 aromatic heterocycles. The maximum Gasteiger partial charge on any atom is 0.287 e. The summed E-state index contributed by atoms with van der Waals surface area (Å²) in [6, 6.07) is 15.3. The molecule has 2 amide bonds. The number of hydroxylamine groups is 1. The Morgan fingerprint density at radius 2 is 1.89 bits per heavy atom. The van der Waals surface area contributed by atoms with Crippen LogP contribution in [0, 0.1) is 0 Å². The van der Waals surface area contributed by atoms with Gasteiger partial charge in [-0.05, 0) is 42.7 Å². The number of hydrogen-bond donors (Lipinski definition) is 3. The van der Waals surface area contributed by atoms with Crippen molar-refractivity contribution in [1.29, 1.82) is 0 Å². The highest BCUT2D eigenvalue weighted by atomic mass is 32.2. The minimum atomic E-state index is -0.593. The minimum absolute atomic E-state index is 0.226. The maximum atomic E-state index is 12.5. The number of rotatable bonds is 8. The second kappa shape index (κ2) is 9.29. The number of amides is 2. The summed E-state index contributed by atoms with van der Waals surface area (Å²) < 4.78 is 11.3. The van der Waals surface area contributed by atoms with Gasteiger partial charge in [-0.1, -0.05) is 18.2 Å². The number of fused-ring (bicyclic) bond motifs is 1. The zero-order valence-corrected chi connectivity index (χ0v) is 16.0. The van der Waals surface area contributed by atoms with E-state index in [0.29, 0.717) is 22.6 Å². The van der Waals surface area contributed by atoms with E-state index < -0.39 is 5.91 Å². The van der Waals surface area contributed by atoms with Crippen LogP contribution in [0.1, 0.15) is 20.9 Å². The van der Waals surface area contributed by atoms with Gasteiger partial charge in [-0.2, -0.15) is 11.8 Å². The van der Waals surface area contributed by atoms with Crippen LogP contribution in [-0.4, -0.2) is 41.7 Å². The molecule has 0 radical (unpaired) electrons. The first-order chi connectivity index (χ1) is 13.6. The first-order valence-electron chi connectivity index (χ1n) is 8.56. The quantitative estimate of drug-likeness (QED) is 0.397. The van der Waals surface area contributed by atoms with Gasteiger partial charge in [0.1, 0.15) is 17.9 Å². The van der Waals surface area contributed by atoms with Gasteiger partial charge in [0.15, 0.2) is 5.76 Å². The van der Waals surface area contributed by atoms with Crippen molar-refractivity contribution in [2.75, 3.05) is 18.6 Å². The Hall–Kier alpha value is -2.97. The standard InChI is InChI=1S/C20H20N2O5S/c1-28-12-15(11-26-16-8-6-13(7-9-16)19(23)22-25)21-20(24)18-10-14-4-2-3-5-17(14)27-18/h2-10,15,25H,11-12H2,1H3,(H,21,24)(H,22,23)/t15-/m1/s1. The third kappa shape index (κ3) is 4.85. The van der Waals surface area contributed by atoms with E-state index in [1.54, 1.807) is 35.4 Å². The fourth-order valence-corrected chi connectivity index (χ4v) is 3.23. The van der Waals surface area contributed by atoms with E-state index in [0.717, 1.165) is 5.39 Å². The predicted molar refractivity (Wildman–Crippen MR) is 107 cm³/mol. The molecular weight excluding hydrogens is 380 g/mol.